The summed E-state index contributed by atoms with van der Waals surface area (Å²) in [6.07, 6.45) is -1.72. The van der Waals surface area contributed by atoms with E-state index < -0.39 is 11.7 Å². The first-order valence-corrected chi connectivity index (χ1v) is 10.7. The van der Waals surface area contributed by atoms with Crippen LogP contribution in [0.25, 0.3) is 10.9 Å². The highest BCUT2D eigenvalue weighted by Gasteiger charge is 2.38. The molecule has 0 spiro atoms. The van der Waals surface area contributed by atoms with Crippen LogP contribution in [-0.4, -0.2) is 40.5 Å². The Morgan fingerprint density at radius 3 is 2.61 bits per heavy atom. The van der Waals surface area contributed by atoms with Crippen molar-refractivity contribution in [2.75, 3.05) is 19.5 Å². The van der Waals surface area contributed by atoms with Gasteiger partial charge >= 0.3 is 6.18 Å². The number of fused-ring (bicyclic) bond motifs is 1. The molecule has 1 aliphatic rings. The summed E-state index contributed by atoms with van der Waals surface area (Å²) in [5.74, 6) is 0.486. The van der Waals surface area contributed by atoms with E-state index in [0.717, 1.165) is 36.1 Å². The maximum absolute atomic E-state index is 13.6. The molecule has 1 atom stereocenters. The lowest BCUT2D eigenvalue weighted by Crippen LogP contribution is -2.44. The van der Waals surface area contributed by atoms with Gasteiger partial charge in [0.2, 0.25) is 0 Å². The minimum atomic E-state index is -4.46. The van der Waals surface area contributed by atoms with Crippen LogP contribution in [0.15, 0.2) is 42.6 Å². The molecule has 9 heteroatoms. The second kappa shape index (κ2) is 8.97. The molecule has 1 saturated carbocycles. The van der Waals surface area contributed by atoms with Crippen LogP contribution in [-0.2, 0) is 17.5 Å². The van der Waals surface area contributed by atoms with E-state index in [-0.39, 0.29) is 24.4 Å². The Hall–Kier alpha value is -3.20. The quantitative estimate of drug-likeness (QED) is 0.559. The van der Waals surface area contributed by atoms with Gasteiger partial charge in [-0.25, -0.2) is 4.98 Å². The van der Waals surface area contributed by atoms with Gasteiger partial charge in [0.1, 0.15) is 5.82 Å². The van der Waals surface area contributed by atoms with E-state index in [1.54, 1.807) is 30.2 Å². The van der Waals surface area contributed by atoms with Crippen LogP contribution < -0.4 is 5.73 Å². The van der Waals surface area contributed by atoms with E-state index in [9.17, 15) is 18.0 Å². The first kappa shape index (κ1) is 23.0. The number of hydrogen-bond acceptors (Lipinski definition) is 5. The molecule has 0 bridgehead atoms. The summed E-state index contributed by atoms with van der Waals surface area (Å²) >= 11 is 0. The van der Waals surface area contributed by atoms with Crippen LogP contribution in [0.4, 0.5) is 19.0 Å². The predicted octanol–water partition coefficient (Wildman–Crippen LogP) is 4.61. The number of nitrogens with two attached hydrogens (primary N) is 1. The van der Waals surface area contributed by atoms with Crippen molar-refractivity contribution in [1.29, 1.82) is 0 Å². The summed E-state index contributed by atoms with van der Waals surface area (Å²) in [5.41, 5.74) is 7.40. The predicted molar refractivity (Wildman–Crippen MR) is 118 cm³/mol. The smallest absolute Gasteiger partial charge is 0.383 e. The summed E-state index contributed by atoms with van der Waals surface area (Å²) in [5, 5.41) is 0.787. The normalized spacial score (nSPS) is 14.9. The Kier molecular flexibility index (Phi) is 6.25. The Morgan fingerprint density at radius 1 is 1.24 bits per heavy atom. The largest absolute Gasteiger partial charge is 0.417 e. The molecule has 6 nitrogen and oxygen atoms in total. The number of aryl methyl sites for hydroxylation is 1. The van der Waals surface area contributed by atoms with Gasteiger partial charge in [-0.2, -0.15) is 13.2 Å². The molecular weight excluding hydrogens is 433 g/mol. The van der Waals surface area contributed by atoms with E-state index in [1.807, 2.05) is 13.0 Å². The number of halogens is 3. The number of pyridine rings is 2. The Bertz CT molecular complexity index is 1160. The number of carbonyl (C=O) groups excluding carboxylic acids is 1. The number of ether oxygens (including phenoxy) is 1. The van der Waals surface area contributed by atoms with Gasteiger partial charge in [-0.05, 0) is 67.6 Å². The first-order valence-electron chi connectivity index (χ1n) is 10.7. The molecule has 2 N–H and O–H groups in total. The summed E-state index contributed by atoms with van der Waals surface area (Å²) in [7, 11) is 1.57. The number of hydrogen-bond donors (Lipinski definition) is 1. The SMILES string of the molecule is COC[C@H](C1CC1)N(Cc1ccc(C(F)(F)F)cn1)C(=O)c1ccc2nc(N)c(C)cc2c1. The number of benzene rings is 1. The first-order chi connectivity index (χ1) is 15.7. The molecule has 33 heavy (non-hydrogen) atoms. The van der Waals surface area contributed by atoms with Gasteiger partial charge in [-0.1, -0.05) is 0 Å². The van der Waals surface area contributed by atoms with E-state index in [0.29, 0.717) is 29.2 Å². The van der Waals surface area contributed by atoms with Gasteiger partial charge < -0.3 is 15.4 Å². The number of alkyl halides is 3. The Labute approximate surface area is 189 Å². The van der Waals surface area contributed by atoms with Gasteiger partial charge in [0.15, 0.2) is 0 Å². The molecule has 0 unspecified atom stereocenters. The van der Waals surface area contributed by atoms with Gasteiger partial charge in [0.25, 0.3) is 5.91 Å². The highest BCUT2D eigenvalue weighted by atomic mass is 19.4. The van der Waals surface area contributed by atoms with E-state index >= 15 is 0 Å². The van der Waals surface area contributed by atoms with Crippen molar-refractivity contribution in [2.24, 2.45) is 5.92 Å². The molecule has 0 radical (unpaired) electrons. The number of nitrogens with zero attached hydrogens (tertiary/aromatic N) is 3. The average Bonchev–Trinajstić information content (AvgIpc) is 3.61. The van der Waals surface area contributed by atoms with E-state index in [2.05, 4.69) is 9.97 Å². The van der Waals surface area contributed by atoms with Crippen LogP contribution in [0.1, 0.15) is 40.0 Å². The van der Waals surface area contributed by atoms with Gasteiger partial charge in [0.05, 0.1) is 36.0 Å². The molecule has 0 saturated heterocycles. The third kappa shape index (κ3) is 5.08. The Morgan fingerprint density at radius 2 is 2.00 bits per heavy atom. The second-order valence-corrected chi connectivity index (χ2v) is 8.43. The molecule has 1 aromatic carbocycles. The molecule has 2 aromatic heterocycles. The number of anilines is 1. The van der Waals surface area contributed by atoms with Crippen LogP contribution in [0.5, 0.6) is 0 Å². The van der Waals surface area contributed by atoms with E-state index in [4.69, 9.17) is 10.5 Å². The van der Waals surface area contributed by atoms with Crippen molar-refractivity contribution in [2.45, 2.75) is 38.5 Å². The van der Waals surface area contributed by atoms with Crippen molar-refractivity contribution in [3.63, 3.8) is 0 Å². The second-order valence-electron chi connectivity index (χ2n) is 8.43. The van der Waals surface area contributed by atoms with Crippen LogP contribution in [0.3, 0.4) is 0 Å². The average molecular weight is 458 g/mol. The lowest BCUT2D eigenvalue weighted by molar-refractivity contribution is -0.137. The number of aromatic nitrogens is 2. The van der Waals surface area contributed by atoms with Gasteiger partial charge in [0, 0.05) is 24.3 Å². The zero-order chi connectivity index (χ0) is 23.8. The summed E-state index contributed by atoms with van der Waals surface area (Å²) < 4.78 is 44.2. The summed E-state index contributed by atoms with van der Waals surface area (Å²) in [6, 6.07) is 9.18. The lowest BCUT2D eigenvalue weighted by atomic mass is 10.1. The van der Waals surface area contributed by atoms with E-state index in [1.165, 1.54) is 6.07 Å². The van der Waals surface area contributed by atoms with Gasteiger partial charge in [-0.3, -0.25) is 9.78 Å². The molecule has 1 aliphatic carbocycles. The standard InChI is InChI=1S/C24H25F3N4O2/c1-14-9-17-10-16(5-8-20(17)30-22(14)28)23(32)31(21(13-33-2)15-3-4-15)12-19-7-6-18(11-29-19)24(25,26)27/h5-11,15,21H,3-4,12-13H2,1-2H3,(H2,28,30)/t21-/m1/s1. The number of carbonyl (C=O) groups is 1. The maximum atomic E-state index is 13.6. The van der Waals surface area contributed by atoms with Crippen molar-refractivity contribution in [3.05, 3.63) is 65.0 Å². The number of nitrogen functional groups attached to an aromatic ring is 1. The molecule has 174 valence electrons. The number of rotatable bonds is 7. The third-order valence-electron chi connectivity index (χ3n) is 5.94. The fourth-order valence-corrected chi connectivity index (χ4v) is 3.93. The van der Waals surface area contributed by atoms with Crippen LogP contribution >= 0.6 is 0 Å². The van der Waals surface area contributed by atoms with Crippen LogP contribution in [0.2, 0.25) is 0 Å². The molecule has 3 aromatic rings. The van der Waals surface area contributed by atoms with Crippen molar-refractivity contribution in [3.8, 4) is 0 Å². The van der Waals surface area contributed by atoms with Gasteiger partial charge in [-0.15, -0.1) is 0 Å². The topological polar surface area (TPSA) is 81.3 Å². The zero-order valence-electron chi connectivity index (χ0n) is 18.4. The molecular formula is C24H25F3N4O2. The molecule has 0 aliphatic heterocycles. The third-order valence-corrected chi connectivity index (χ3v) is 5.94. The van der Waals surface area contributed by atoms with Crippen molar-refractivity contribution < 1.29 is 22.7 Å². The van der Waals surface area contributed by atoms with Crippen molar-refractivity contribution >= 4 is 22.6 Å². The Balaban J connectivity index is 1.67. The zero-order valence-corrected chi connectivity index (χ0v) is 18.4. The minimum absolute atomic E-state index is 0.0819. The molecule has 4 rings (SSSR count). The highest BCUT2D eigenvalue weighted by Crippen LogP contribution is 2.37. The minimum Gasteiger partial charge on any atom is -0.383 e. The fourth-order valence-electron chi connectivity index (χ4n) is 3.93. The lowest BCUT2D eigenvalue weighted by Gasteiger charge is -2.31. The number of amides is 1. The van der Waals surface area contributed by atoms with Crippen molar-refractivity contribution in [1.82, 2.24) is 14.9 Å². The molecule has 1 fully saturated rings. The molecule has 1 amide bonds. The van der Waals surface area contributed by atoms with Crippen LogP contribution in [0, 0.1) is 12.8 Å². The fraction of sp³-hybridized carbons (Fsp3) is 0.375. The summed E-state index contributed by atoms with van der Waals surface area (Å²) in [4.78, 5) is 23.6. The monoisotopic (exact) mass is 458 g/mol. The maximum Gasteiger partial charge on any atom is 0.417 e. The summed E-state index contributed by atoms with van der Waals surface area (Å²) in [6.45, 7) is 2.26. The number of methoxy groups -OCH3 is 1. The molecule has 2 heterocycles. The highest BCUT2D eigenvalue weighted by molar-refractivity contribution is 5.98.